The molecule has 1 fully saturated rings. The summed E-state index contributed by atoms with van der Waals surface area (Å²) >= 11 is 0. The minimum absolute atomic E-state index is 0.155. The Hall–Kier alpha value is -0.930. The fourth-order valence-electron chi connectivity index (χ4n) is 2.34. The van der Waals surface area contributed by atoms with Crippen molar-refractivity contribution in [2.75, 3.05) is 19.6 Å². The van der Waals surface area contributed by atoms with Crippen LogP contribution in [0.1, 0.15) is 25.3 Å². The summed E-state index contributed by atoms with van der Waals surface area (Å²) in [5, 5.41) is 3.55. The summed E-state index contributed by atoms with van der Waals surface area (Å²) in [6.07, 6.45) is 2.36. The Morgan fingerprint density at radius 2 is 2.12 bits per heavy atom. The Labute approximate surface area is 103 Å². The van der Waals surface area contributed by atoms with Gasteiger partial charge in [-0.15, -0.1) is 0 Å². The third-order valence-corrected chi connectivity index (χ3v) is 3.37. The second-order valence-corrected chi connectivity index (χ2v) is 4.77. The maximum absolute atomic E-state index is 12.8. The van der Waals surface area contributed by atoms with Crippen molar-refractivity contribution in [2.24, 2.45) is 0 Å². The molecular formula is C14H21FN2. The lowest BCUT2D eigenvalue weighted by molar-refractivity contribution is 0.257. The molecule has 0 amide bonds. The van der Waals surface area contributed by atoms with Gasteiger partial charge in [-0.1, -0.05) is 19.1 Å². The van der Waals surface area contributed by atoms with Gasteiger partial charge in [-0.25, -0.2) is 4.39 Å². The van der Waals surface area contributed by atoms with E-state index in [2.05, 4.69) is 17.1 Å². The van der Waals surface area contributed by atoms with Crippen LogP contribution in [0.4, 0.5) is 4.39 Å². The van der Waals surface area contributed by atoms with Crippen LogP contribution in [0.3, 0.4) is 0 Å². The molecule has 1 N–H and O–H groups in total. The van der Waals surface area contributed by atoms with Gasteiger partial charge in [0, 0.05) is 19.1 Å². The Kier molecular flexibility index (Phi) is 4.51. The molecule has 0 radical (unpaired) electrons. The van der Waals surface area contributed by atoms with Crippen LogP contribution in [0.5, 0.6) is 0 Å². The van der Waals surface area contributed by atoms with Gasteiger partial charge in [0.05, 0.1) is 0 Å². The molecule has 94 valence electrons. The van der Waals surface area contributed by atoms with E-state index in [1.54, 1.807) is 12.1 Å². The summed E-state index contributed by atoms with van der Waals surface area (Å²) in [6, 6.07) is 7.45. The standard InChI is InChI=1S/C14H21FN2/c1-2-14-11-17(9-3-8-16-14)10-12-4-6-13(15)7-5-12/h4-7,14,16H,2-3,8-11H2,1H3. The fourth-order valence-corrected chi connectivity index (χ4v) is 2.34. The predicted octanol–water partition coefficient (Wildman–Crippen LogP) is 2.40. The number of nitrogens with one attached hydrogen (secondary N) is 1. The molecule has 1 aliphatic rings. The molecule has 17 heavy (non-hydrogen) atoms. The smallest absolute Gasteiger partial charge is 0.123 e. The summed E-state index contributed by atoms with van der Waals surface area (Å²) in [5.41, 5.74) is 1.20. The van der Waals surface area contributed by atoms with Gasteiger partial charge < -0.3 is 5.32 Å². The maximum atomic E-state index is 12.8. The highest BCUT2D eigenvalue weighted by molar-refractivity contribution is 5.15. The first kappa shape index (κ1) is 12.5. The Balaban J connectivity index is 1.94. The van der Waals surface area contributed by atoms with Gasteiger partial charge in [-0.3, -0.25) is 4.90 Å². The number of benzene rings is 1. The van der Waals surface area contributed by atoms with Crippen molar-refractivity contribution in [3.8, 4) is 0 Å². The Morgan fingerprint density at radius 3 is 2.82 bits per heavy atom. The summed E-state index contributed by atoms with van der Waals surface area (Å²) in [7, 11) is 0. The van der Waals surface area contributed by atoms with Crippen molar-refractivity contribution < 1.29 is 4.39 Å². The molecule has 1 aromatic rings. The van der Waals surface area contributed by atoms with Crippen LogP contribution in [-0.4, -0.2) is 30.6 Å². The number of hydrogen-bond acceptors (Lipinski definition) is 2. The zero-order valence-corrected chi connectivity index (χ0v) is 10.5. The molecule has 0 aliphatic carbocycles. The van der Waals surface area contributed by atoms with Crippen LogP contribution >= 0.6 is 0 Å². The lowest BCUT2D eigenvalue weighted by atomic mass is 10.2. The molecule has 1 saturated heterocycles. The molecule has 0 bridgehead atoms. The van der Waals surface area contributed by atoms with E-state index in [-0.39, 0.29) is 5.82 Å². The van der Waals surface area contributed by atoms with Crippen LogP contribution < -0.4 is 5.32 Å². The highest BCUT2D eigenvalue weighted by Gasteiger charge is 2.15. The first-order valence-electron chi connectivity index (χ1n) is 6.48. The van der Waals surface area contributed by atoms with Crippen molar-refractivity contribution in [1.29, 1.82) is 0 Å². The number of rotatable bonds is 3. The Morgan fingerprint density at radius 1 is 1.35 bits per heavy atom. The molecule has 0 saturated carbocycles. The molecule has 0 spiro atoms. The molecule has 2 nitrogen and oxygen atoms in total. The van der Waals surface area contributed by atoms with E-state index in [1.807, 2.05) is 12.1 Å². The van der Waals surface area contributed by atoms with Gasteiger partial charge in [0.2, 0.25) is 0 Å². The summed E-state index contributed by atoms with van der Waals surface area (Å²) < 4.78 is 12.8. The average molecular weight is 236 g/mol. The quantitative estimate of drug-likeness (QED) is 0.867. The monoisotopic (exact) mass is 236 g/mol. The molecule has 3 heteroatoms. The van der Waals surface area contributed by atoms with Crippen LogP contribution in [0.2, 0.25) is 0 Å². The zero-order valence-electron chi connectivity index (χ0n) is 10.5. The summed E-state index contributed by atoms with van der Waals surface area (Å²) in [4.78, 5) is 2.46. The Bertz CT molecular complexity index is 337. The topological polar surface area (TPSA) is 15.3 Å². The predicted molar refractivity (Wildman–Crippen MR) is 68.4 cm³/mol. The maximum Gasteiger partial charge on any atom is 0.123 e. The van der Waals surface area contributed by atoms with Gasteiger partial charge in [-0.05, 0) is 43.6 Å². The first-order valence-corrected chi connectivity index (χ1v) is 6.48. The van der Waals surface area contributed by atoms with Gasteiger partial charge >= 0.3 is 0 Å². The van der Waals surface area contributed by atoms with Crippen molar-refractivity contribution in [2.45, 2.75) is 32.4 Å². The van der Waals surface area contributed by atoms with Gasteiger partial charge in [0.1, 0.15) is 5.82 Å². The highest BCUT2D eigenvalue weighted by atomic mass is 19.1. The molecular weight excluding hydrogens is 215 g/mol. The van der Waals surface area contributed by atoms with Crippen LogP contribution in [-0.2, 0) is 6.54 Å². The number of hydrogen-bond donors (Lipinski definition) is 1. The minimum Gasteiger partial charge on any atom is -0.313 e. The van der Waals surface area contributed by atoms with Gasteiger partial charge in [0.15, 0.2) is 0 Å². The van der Waals surface area contributed by atoms with Crippen molar-refractivity contribution >= 4 is 0 Å². The third kappa shape index (κ3) is 3.79. The lowest BCUT2D eigenvalue weighted by Gasteiger charge is -2.23. The molecule has 2 rings (SSSR count). The summed E-state index contributed by atoms with van der Waals surface area (Å²) in [5.74, 6) is -0.155. The van der Waals surface area contributed by atoms with Crippen molar-refractivity contribution in [3.05, 3.63) is 35.6 Å². The minimum atomic E-state index is -0.155. The van der Waals surface area contributed by atoms with E-state index in [1.165, 1.54) is 18.4 Å². The van der Waals surface area contributed by atoms with E-state index < -0.39 is 0 Å². The van der Waals surface area contributed by atoms with E-state index in [4.69, 9.17) is 0 Å². The van der Waals surface area contributed by atoms with E-state index in [0.717, 1.165) is 26.2 Å². The molecule has 1 aromatic carbocycles. The fraction of sp³-hybridized carbons (Fsp3) is 0.571. The second kappa shape index (κ2) is 6.12. The summed E-state index contributed by atoms with van der Waals surface area (Å²) in [6.45, 7) is 6.48. The van der Waals surface area contributed by atoms with Crippen molar-refractivity contribution in [1.82, 2.24) is 10.2 Å². The SMILES string of the molecule is CCC1CN(Cc2ccc(F)cc2)CCCN1. The second-order valence-electron chi connectivity index (χ2n) is 4.77. The number of halogens is 1. The van der Waals surface area contributed by atoms with E-state index in [9.17, 15) is 4.39 Å². The van der Waals surface area contributed by atoms with Gasteiger partial charge in [0.25, 0.3) is 0 Å². The molecule has 0 aromatic heterocycles. The van der Waals surface area contributed by atoms with Crippen LogP contribution in [0, 0.1) is 5.82 Å². The first-order chi connectivity index (χ1) is 8.28. The zero-order chi connectivity index (χ0) is 12.1. The van der Waals surface area contributed by atoms with Crippen LogP contribution in [0.15, 0.2) is 24.3 Å². The molecule has 1 heterocycles. The largest absolute Gasteiger partial charge is 0.313 e. The molecule has 1 aliphatic heterocycles. The molecule has 1 unspecified atom stereocenters. The van der Waals surface area contributed by atoms with E-state index >= 15 is 0 Å². The lowest BCUT2D eigenvalue weighted by Crippen LogP contribution is -2.36. The van der Waals surface area contributed by atoms with E-state index in [0.29, 0.717) is 6.04 Å². The third-order valence-electron chi connectivity index (χ3n) is 3.37. The number of nitrogens with zero attached hydrogens (tertiary/aromatic N) is 1. The highest BCUT2D eigenvalue weighted by Crippen LogP contribution is 2.10. The average Bonchev–Trinajstić information content (AvgIpc) is 2.57. The van der Waals surface area contributed by atoms with Crippen molar-refractivity contribution in [3.63, 3.8) is 0 Å². The normalized spacial score (nSPS) is 22.4. The van der Waals surface area contributed by atoms with Crippen LogP contribution in [0.25, 0.3) is 0 Å². The van der Waals surface area contributed by atoms with Gasteiger partial charge in [-0.2, -0.15) is 0 Å². The molecule has 1 atom stereocenters.